The molecule has 0 amide bonds. The molecule has 13 heavy (non-hydrogen) atoms. The molecule has 0 saturated carbocycles. The van der Waals surface area contributed by atoms with E-state index in [9.17, 15) is 0 Å². The van der Waals surface area contributed by atoms with Gasteiger partial charge in [0.2, 0.25) is 0 Å². The van der Waals surface area contributed by atoms with Crippen LogP contribution >= 0.6 is 0 Å². The predicted molar refractivity (Wildman–Crippen MR) is 54.7 cm³/mol. The Balaban J connectivity index is 2.49. The van der Waals surface area contributed by atoms with E-state index >= 15 is 0 Å². The number of nitrogens with two attached hydrogens (primary N) is 1. The molecule has 1 rings (SSSR count). The molecular weight excluding hydrogens is 162 g/mol. The lowest BCUT2D eigenvalue weighted by Gasteiger charge is -2.10. The number of methoxy groups -OCH3 is 1. The lowest BCUT2D eigenvalue weighted by Crippen LogP contribution is -2.27. The lowest BCUT2D eigenvalue weighted by molar-refractivity contribution is 0.180. The van der Waals surface area contributed by atoms with Crippen molar-refractivity contribution in [3.63, 3.8) is 0 Å². The molecule has 0 radical (unpaired) electrons. The van der Waals surface area contributed by atoms with E-state index in [1.54, 1.807) is 7.11 Å². The Bertz CT molecular complexity index is 243. The Morgan fingerprint density at radius 3 is 2.46 bits per heavy atom. The second-order valence-electron chi connectivity index (χ2n) is 3.41. The fourth-order valence-electron chi connectivity index (χ4n) is 1.30. The molecule has 1 aromatic rings. The molecule has 0 fully saturated rings. The summed E-state index contributed by atoms with van der Waals surface area (Å²) in [6, 6.07) is 8.55. The van der Waals surface area contributed by atoms with Crippen LogP contribution in [0.3, 0.4) is 0 Å². The highest BCUT2D eigenvalue weighted by Gasteiger charge is 2.02. The molecule has 72 valence electrons. The first kappa shape index (κ1) is 10.2. The second-order valence-corrected chi connectivity index (χ2v) is 3.41. The van der Waals surface area contributed by atoms with Crippen molar-refractivity contribution >= 4 is 0 Å². The van der Waals surface area contributed by atoms with E-state index < -0.39 is 0 Å². The normalized spacial score (nSPS) is 12.8. The predicted octanol–water partition coefficient (Wildman–Crippen LogP) is 1.51. The average molecular weight is 179 g/mol. The summed E-state index contributed by atoms with van der Waals surface area (Å²) in [7, 11) is 1.68. The van der Waals surface area contributed by atoms with Gasteiger partial charge in [0.15, 0.2) is 0 Å². The van der Waals surface area contributed by atoms with Gasteiger partial charge in [0.1, 0.15) is 0 Å². The number of hydrogen-bond donors (Lipinski definition) is 1. The molecule has 0 spiro atoms. The highest BCUT2D eigenvalue weighted by Crippen LogP contribution is 2.05. The highest BCUT2D eigenvalue weighted by atomic mass is 16.5. The van der Waals surface area contributed by atoms with Crippen molar-refractivity contribution in [2.75, 3.05) is 13.7 Å². The van der Waals surface area contributed by atoms with Crippen LogP contribution in [0.5, 0.6) is 0 Å². The van der Waals surface area contributed by atoms with Crippen molar-refractivity contribution in [3.8, 4) is 0 Å². The highest BCUT2D eigenvalue weighted by molar-refractivity contribution is 5.21. The standard InChI is InChI=1S/C11H17NO/c1-9-3-5-10(6-4-9)7-11(12)8-13-2/h3-6,11H,7-8,12H2,1-2H3. The van der Waals surface area contributed by atoms with Crippen LogP contribution in [-0.4, -0.2) is 19.8 Å². The van der Waals surface area contributed by atoms with Crippen molar-refractivity contribution < 1.29 is 4.74 Å². The van der Waals surface area contributed by atoms with Crippen LogP contribution in [0.15, 0.2) is 24.3 Å². The third kappa shape index (κ3) is 3.57. The maximum absolute atomic E-state index is 5.83. The molecule has 0 bridgehead atoms. The van der Waals surface area contributed by atoms with Gasteiger partial charge in [0.25, 0.3) is 0 Å². The van der Waals surface area contributed by atoms with Crippen LogP contribution < -0.4 is 5.73 Å². The molecule has 0 aliphatic rings. The zero-order valence-corrected chi connectivity index (χ0v) is 8.29. The quantitative estimate of drug-likeness (QED) is 0.760. The summed E-state index contributed by atoms with van der Waals surface area (Å²) in [5, 5.41) is 0. The van der Waals surface area contributed by atoms with E-state index in [1.807, 2.05) is 0 Å². The van der Waals surface area contributed by atoms with Gasteiger partial charge in [-0.15, -0.1) is 0 Å². The third-order valence-corrected chi connectivity index (χ3v) is 2.00. The van der Waals surface area contributed by atoms with Crippen molar-refractivity contribution in [1.82, 2.24) is 0 Å². The largest absolute Gasteiger partial charge is 0.383 e. The van der Waals surface area contributed by atoms with Crippen LogP contribution in [0.1, 0.15) is 11.1 Å². The van der Waals surface area contributed by atoms with Crippen molar-refractivity contribution in [2.45, 2.75) is 19.4 Å². The molecule has 2 N–H and O–H groups in total. The molecule has 0 aromatic heterocycles. The molecule has 1 aromatic carbocycles. The topological polar surface area (TPSA) is 35.2 Å². The second kappa shape index (κ2) is 5.00. The number of hydrogen-bond acceptors (Lipinski definition) is 2. The Kier molecular flexibility index (Phi) is 3.93. The minimum atomic E-state index is 0.104. The maximum Gasteiger partial charge on any atom is 0.0616 e. The molecule has 2 nitrogen and oxygen atoms in total. The first-order valence-corrected chi connectivity index (χ1v) is 4.52. The zero-order valence-electron chi connectivity index (χ0n) is 8.29. The zero-order chi connectivity index (χ0) is 9.68. The summed E-state index contributed by atoms with van der Waals surface area (Å²) in [6.45, 7) is 2.70. The molecule has 1 unspecified atom stereocenters. The van der Waals surface area contributed by atoms with E-state index in [4.69, 9.17) is 10.5 Å². The SMILES string of the molecule is COCC(N)Cc1ccc(C)cc1. The van der Waals surface area contributed by atoms with Crippen LogP contribution in [0.4, 0.5) is 0 Å². The maximum atomic E-state index is 5.83. The van der Waals surface area contributed by atoms with Gasteiger partial charge in [0, 0.05) is 13.2 Å². The van der Waals surface area contributed by atoms with Gasteiger partial charge in [-0.1, -0.05) is 29.8 Å². The van der Waals surface area contributed by atoms with Crippen LogP contribution in [-0.2, 0) is 11.2 Å². The minimum absolute atomic E-state index is 0.104. The van der Waals surface area contributed by atoms with Crippen LogP contribution in [0, 0.1) is 6.92 Å². The van der Waals surface area contributed by atoms with E-state index in [1.165, 1.54) is 11.1 Å². The van der Waals surface area contributed by atoms with Gasteiger partial charge in [-0.25, -0.2) is 0 Å². The average Bonchev–Trinajstić information content (AvgIpc) is 2.09. The van der Waals surface area contributed by atoms with E-state index in [-0.39, 0.29) is 6.04 Å². The van der Waals surface area contributed by atoms with E-state index in [0.29, 0.717) is 6.61 Å². The van der Waals surface area contributed by atoms with Crippen molar-refractivity contribution in [3.05, 3.63) is 35.4 Å². The Morgan fingerprint density at radius 1 is 1.31 bits per heavy atom. The van der Waals surface area contributed by atoms with Gasteiger partial charge < -0.3 is 10.5 Å². The summed E-state index contributed by atoms with van der Waals surface area (Å²) >= 11 is 0. The van der Waals surface area contributed by atoms with E-state index in [2.05, 4.69) is 31.2 Å². The molecule has 2 heteroatoms. The van der Waals surface area contributed by atoms with Gasteiger partial charge in [-0.05, 0) is 18.9 Å². The van der Waals surface area contributed by atoms with Gasteiger partial charge >= 0.3 is 0 Å². The van der Waals surface area contributed by atoms with Crippen LogP contribution in [0.25, 0.3) is 0 Å². The fraction of sp³-hybridized carbons (Fsp3) is 0.455. The number of benzene rings is 1. The minimum Gasteiger partial charge on any atom is -0.383 e. The van der Waals surface area contributed by atoms with Gasteiger partial charge in [0.05, 0.1) is 6.61 Å². The number of aryl methyl sites for hydroxylation is 1. The van der Waals surface area contributed by atoms with Crippen molar-refractivity contribution in [2.24, 2.45) is 5.73 Å². The molecule has 0 aliphatic carbocycles. The smallest absolute Gasteiger partial charge is 0.0616 e. The summed E-state index contributed by atoms with van der Waals surface area (Å²) < 4.78 is 4.97. The Labute approximate surface area is 79.7 Å². The molecule has 0 aliphatic heterocycles. The van der Waals surface area contributed by atoms with Crippen molar-refractivity contribution in [1.29, 1.82) is 0 Å². The fourth-order valence-corrected chi connectivity index (χ4v) is 1.30. The van der Waals surface area contributed by atoms with Gasteiger partial charge in [-0.2, -0.15) is 0 Å². The number of rotatable bonds is 4. The summed E-state index contributed by atoms with van der Waals surface area (Å²) in [5.74, 6) is 0. The Hall–Kier alpha value is -0.860. The molecule has 0 heterocycles. The number of ether oxygens (including phenoxy) is 1. The molecular formula is C11H17NO. The van der Waals surface area contributed by atoms with E-state index in [0.717, 1.165) is 6.42 Å². The third-order valence-electron chi connectivity index (χ3n) is 2.00. The molecule has 1 atom stereocenters. The first-order chi connectivity index (χ1) is 6.22. The first-order valence-electron chi connectivity index (χ1n) is 4.52. The summed E-state index contributed by atoms with van der Waals surface area (Å²) in [6.07, 6.45) is 0.883. The Morgan fingerprint density at radius 2 is 1.92 bits per heavy atom. The monoisotopic (exact) mass is 179 g/mol. The molecule has 0 saturated heterocycles. The summed E-state index contributed by atoms with van der Waals surface area (Å²) in [5.41, 5.74) is 8.38. The van der Waals surface area contributed by atoms with Crippen LogP contribution in [0.2, 0.25) is 0 Å². The summed E-state index contributed by atoms with van der Waals surface area (Å²) in [4.78, 5) is 0. The van der Waals surface area contributed by atoms with Gasteiger partial charge in [-0.3, -0.25) is 0 Å². The lowest BCUT2D eigenvalue weighted by atomic mass is 10.1.